The zero-order chi connectivity index (χ0) is 10.1. The average molecular weight is 194 g/mol. The number of rotatable bonds is 2. The molecular formula is C10H18N4. The van der Waals surface area contributed by atoms with Crippen molar-refractivity contribution in [2.75, 3.05) is 13.1 Å². The van der Waals surface area contributed by atoms with Crippen LogP contribution in [-0.2, 0) is 0 Å². The van der Waals surface area contributed by atoms with Crippen LogP contribution in [0.3, 0.4) is 0 Å². The van der Waals surface area contributed by atoms with Gasteiger partial charge in [-0.1, -0.05) is 0 Å². The Balaban J connectivity index is 2.14. The van der Waals surface area contributed by atoms with Gasteiger partial charge in [-0.2, -0.15) is 0 Å². The van der Waals surface area contributed by atoms with Crippen LogP contribution in [0.25, 0.3) is 0 Å². The van der Waals surface area contributed by atoms with Crippen LogP contribution in [0.5, 0.6) is 0 Å². The molecule has 0 unspecified atom stereocenters. The molecule has 78 valence electrons. The summed E-state index contributed by atoms with van der Waals surface area (Å²) in [5, 5.41) is 0. The molecular weight excluding hydrogens is 176 g/mol. The van der Waals surface area contributed by atoms with Gasteiger partial charge in [0.05, 0.1) is 0 Å². The van der Waals surface area contributed by atoms with Crippen LogP contribution in [0.2, 0.25) is 0 Å². The molecule has 0 bridgehead atoms. The van der Waals surface area contributed by atoms with Gasteiger partial charge in [0.25, 0.3) is 0 Å². The third-order valence-corrected chi connectivity index (χ3v) is 3.32. The lowest BCUT2D eigenvalue weighted by molar-refractivity contribution is 0.321. The average Bonchev–Trinajstić information content (AvgIpc) is 2.54. The number of amidine groups is 1. The molecule has 0 amide bonds. The van der Waals surface area contributed by atoms with Crippen molar-refractivity contribution in [3.05, 3.63) is 11.3 Å². The summed E-state index contributed by atoms with van der Waals surface area (Å²) in [7, 11) is 0. The topological polar surface area (TPSA) is 90.4 Å². The Bertz CT molecular complexity index is 292. The van der Waals surface area contributed by atoms with Crippen LogP contribution in [0, 0.1) is 11.8 Å². The lowest BCUT2D eigenvalue weighted by Crippen LogP contribution is -2.32. The molecule has 4 nitrogen and oxygen atoms in total. The van der Waals surface area contributed by atoms with E-state index < -0.39 is 0 Å². The molecule has 1 aliphatic heterocycles. The van der Waals surface area contributed by atoms with Gasteiger partial charge in [0.15, 0.2) is 0 Å². The number of nitrogens with zero attached hydrogens (tertiary/aromatic N) is 1. The molecule has 2 aliphatic rings. The van der Waals surface area contributed by atoms with Gasteiger partial charge < -0.3 is 17.2 Å². The van der Waals surface area contributed by atoms with Crippen LogP contribution < -0.4 is 17.2 Å². The van der Waals surface area contributed by atoms with Gasteiger partial charge in [-0.15, -0.1) is 0 Å². The molecule has 0 aromatic carbocycles. The minimum Gasteiger partial charge on any atom is -0.387 e. The summed E-state index contributed by atoms with van der Waals surface area (Å²) >= 11 is 0. The highest BCUT2D eigenvalue weighted by molar-refractivity contribution is 5.86. The molecule has 1 aliphatic carbocycles. The van der Waals surface area contributed by atoms with Crippen molar-refractivity contribution in [1.29, 1.82) is 0 Å². The van der Waals surface area contributed by atoms with E-state index >= 15 is 0 Å². The lowest BCUT2D eigenvalue weighted by atomic mass is 9.78. The van der Waals surface area contributed by atoms with Crippen molar-refractivity contribution < 1.29 is 0 Å². The van der Waals surface area contributed by atoms with Crippen molar-refractivity contribution >= 4 is 5.84 Å². The molecule has 0 saturated heterocycles. The van der Waals surface area contributed by atoms with Gasteiger partial charge in [-0.05, 0) is 43.3 Å². The van der Waals surface area contributed by atoms with Crippen molar-refractivity contribution in [3.63, 3.8) is 0 Å². The third-order valence-electron chi connectivity index (χ3n) is 3.32. The van der Waals surface area contributed by atoms with Crippen molar-refractivity contribution in [1.82, 2.24) is 0 Å². The van der Waals surface area contributed by atoms with Crippen molar-refractivity contribution in [2.45, 2.75) is 19.3 Å². The van der Waals surface area contributed by atoms with Crippen LogP contribution in [0.15, 0.2) is 16.3 Å². The van der Waals surface area contributed by atoms with E-state index in [-0.39, 0.29) is 0 Å². The molecule has 0 aromatic rings. The SMILES string of the molecule is NC[C@@H]1CC2=C(C[C@@H]1CN)N=C(N)C2. The summed E-state index contributed by atoms with van der Waals surface area (Å²) in [6, 6.07) is 0. The quantitative estimate of drug-likeness (QED) is 0.575. The van der Waals surface area contributed by atoms with E-state index in [2.05, 4.69) is 4.99 Å². The Morgan fingerprint density at radius 1 is 1.14 bits per heavy atom. The summed E-state index contributed by atoms with van der Waals surface area (Å²) in [4.78, 5) is 4.36. The summed E-state index contributed by atoms with van der Waals surface area (Å²) in [5.41, 5.74) is 19.8. The predicted octanol–water partition coefficient (Wildman–Crippen LogP) is -0.0550. The second kappa shape index (κ2) is 3.71. The molecule has 2 atom stereocenters. The van der Waals surface area contributed by atoms with Crippen LogP contribution in [0.4, 0.5) is 0 Å². The fraction of sp³-hybridized carbons (Fsp3) is 0.700. The maximum Gasteiger partial charge on any atom is 0.103 e. The van der Waals surface area contributed by atoms with Gasteiger partial charge in [-0.25, -0.2) is 4.99 Å². The van der Waals surface area contributed by atoms with Crippen molar-refractivity contribution in [3.8, 4) is 0 Å². The summed E-state index contributed by atoms with van der Waals surface area (Å²) in [6.45, 7) is 1.42. The maximum atomic E-state index is 5.74. The molecule has 0 spiro atoms. The summed E-state index contributed by atoms with van der Waals surface area (Å²) in [6.07, 6.45) is 2.86. The molecule has 1 heterocycles. The van der Waals surface area contributed by atoms with Crippen molar-refractivity contribution in [2.24, 2.45) is 34.0 Å². The largest absolute Gasteiger partial charge is 0.387 e. The minimum atomic E-state index is 0.494. The molecule has 4 heteroatoms. The van der Waals surface area contributed by atoms with Crippen LogP contribution in [-0.4, -0.2) is 18.9 Å². The summed E-state index contributed by atoms with van der Waals surface area (Å²) in [5.74, 6) is 1.77. The lowest BCUT2D eigenvalue weighted by Gasteiger charge is -2.30. The number of allylic oxidation sites excluding steroid dienone is 1. The first-order valence-electron chi connectivity index (χ1n) is 5.18. The zero-order valence-electron chi connectivity index (χ0n) is 8.37. The number of nitrogens with two attached hydrogens (primary N) is 3. The molecule has 14 heavy (non-hydrogen) atoms. The normalized spacial score (nSPS) is 31.7. The van der Waals surface area contributed by atoms with Gasteiger partial charge in [-0.3, -0.25) is 0 Å². The number of aliphatic imine (C=N–C) groups is 1. The third kappa shape index (κ3) is 1.55. The Labute approximate surface area is 84.2 Å². The second-order valence-corrected chi connectivity index (χ2v) is 4.23. The first-order chi connectivity index (χ1) is 6.74. The highest BCUT2D eigenvalue weighted by Crippen LogP contribution is 2.38. The Kier molecular flexibility index (Phi) is 2.56. The Morgan fingerprint density at radius 2 is 1.79 bits per heavy atom. The number of hydrogen-bond acceptors (Lipinski definition) is 4. The van der Waals surface area contributed by atoms with E-state index in [1.807, 2.05) is 0 Å². The van der Waals surface area contributed by atoms with E-state index in [0.717, 1.165) is 31.6 Å². The predicted molar refractivity (Wildman–Crippen MR) is 57.6 cm³/mol. The minimum absolute atomic E-state index is 0.494. The summed E-state index contributed by atoms with van der Waals surface area (Å²) < 4.78 is 0. The van der Waals surface area contributed by atoms with E-state index in [0.29, 0.717) is 18.4 Å². The fourth-order valence-electron chi connectivity index (χ4n) is 2.44. The molecule has 0 fully saturated rings. The highest BCUT2D eigenvalue weighted by Gasteiger charge is 2.30. The molecule has 0 radical (unpaired) electrons. The van der Waals surface area contributed by atoms with Crippen LogP contribution >= 0.6 is 0 Å². The standard InChI is InChI=1S/C10H18N4/c11-4-7-1-6-3-10(13)14-9(6)2-8(7)5-12/h7-8H,1-5,11-12H2,(H2,13,14)/t7-,8+/m0/s1. The molecule has 2 rings (SSSR count). The highest BCUT2D eigenvalue weighted by atomic mass is 14.9. The van der Waals surface area contributed by atoms with E-state index in [4.69, 9.17) is 17.2 Å². The fourth-order valence-corrected chi connectivity index (χ4v) is 2.44. The maximum absolute atomic E-state index is 5.74. The number of hydrogen-bond donors (Lipinski definition) is 3. The van der Waals surface area contributed by atoms with Gasteiger partial charge in [0.1, 0.15) is 5.84 Å². The monoisotopic (exact) mass is 194 g/mol. The second-order valence-electron chi connectivity index (χ2n) is 4.23. The molecule has 0 saturated carbocycles. The zero-order valence-corrected chi connectivity index (χ0v) is 8.37. The smallest absolute Gasteiger partial charge is 0.103 e. The van der Waals surface area contributed by atoms with E-state index in [1.165, 1.54) is 11.3 Å². The van der Waals surface area contributed by atoms with Gasteiger partial charge in [0, 0.05) is 12.1 Å². The molecule has 0 aromatic heterocycles. The van der Waals surface area contributed by atoms with E-state index in [1.54, 1.807) is 0 Å². The van der Waals surface area contributed by atoms with E-state index in [9.17, 15) is 0 Å². The van der Waals surface area contributed by atoms with Gasteiger partial charge >= 0.3 is 0 Å². The first-order valence-corrected chi connectivity index (χ1v) is 5.18. The van der Waals surface area contributed by atoms with Crippen LogP contribution in [0.1, 0.15) is 19.3 Å². The molecule has 6 N–H and O–H groups in total. The van der Waals surface area contributed by atoms with Gasteiger partial charge in [0.2, 0.25) is 0 Å². The Hall–Kier alpha value is -0.870. The first kappa shape index (κ1) is 9.68. The Morgan fingerprint density at radius 3 is 2.43 bits per heavy atom.